The van der Waals surface area contributed by atoms with Gasteiger partial charge < -0.3 is 4.90 Å². The summed E-state index contributed by atoms with van der Waals surface area (Å²) >= 11 is 0. The predicted octanol–water partition coefficient (Wildman–Crippen LogP) is 3.11. The van der Waals surface area contributed by atoms with Crippen LogP contribution in [-0.4, -0.2) is 54.2 Å². The number of aromatic nitrogens is 3. The summed E-state index contributed by atoms with van der Waals surface area (Å²) in [5, 5.41) is 0.628. The smallest absolute Gasteiger partial charge is 0.269 e. The summed E-state index contributed by atoms with van der Waals surface area (Å²) in [6.45, 7) is 3.96. The molecule has 3 unspecified atom stereocenters. The molecular formula is C22H28N4O5S2. The normalized spacial score (nSPS) is 21.9. The lowest BCUT2D eigenvalue weighted by molar-refractivity contribution is 0.255. The molecule has 3 atom stereocenters. The van der Waals surface area contributed by atoms with Gasteiger partial charge in [0.1, 0.15) is 12.1 Å². The highest BCUT2D eigenvalue weighted by molar-refractivity contribution is 7.90. The Morgan fingerprint density at radius 2 is 1.79 bits per heavy atom. The molecule has 1 aliphatic carbocycles. The molecule has 1 aliphatic rings. The molecule has 1 saturated carbocycles. The summed E-state index contributed by atoms with van der Waals surface area (Å²) in [5.74, 6) is 0.498. The van der Waals surface area contributed by atoms with Gasteiger partial charge in [0.25, 0.3) is 20.1 Å². The fourth-order valence-electron chi connectivity index (χ4n) is 4.89. The second-order valence-electron chi connectivity index (χ2n) is 8.95. The lowest BCUT2D eigenvalue weighted by Crippen LogP contribution is -2.42. The Labute approximate surface area is 194 Å². The van der Waals surface area contributed by atoms with E-state index >= 15 is 0 Å². The summed E-state index contributed by atoms with van der Waals surface area (Å²) in [5.41, 5.74) is 1.28. The molecule has 1 fully saturated rings. The number of rotatable bonds is 6. The van der Waals surface area contributed by atoms with Crippen molar-refractivity contribution in [1.82, 2.24) is 13.9 Å². The van der Waals surface area contributed by atoms with E-state index in [1.807, 2.05) is 18.9 Å². The first-order valence-corrected chi connectivity index (χ1v) is 13.8. The molecular weight excluding hydrogens is 464 g/mol. The highest BCUT2D eigenvalue weighted by Gasteiger charge is 2.33. The van der Waals surface area contributed by atoms with Gasteiger partial charge in [-0.15, -0.1) is 0 Å². The Morgan fingerprint density at radius 1 is 1.09 bits per heavy atom. The zero-order chi connectivity index (χ0) is 24.0. The summed E-state index contributed by atoms with van der Waals surface area (Å²) in [7, 11) is -5.90. The van der Waals surface area contributed by atoms with Crippen LogP contribution in [-0.2, 0) is 20.1 Å². The van der Waals surface area contributed by atoms with Gasteiger partial charge in [-0.2, -0.15) is 8.42 Å². The minimum absolute atomic E-state index is 0.0780. The van der Waals surface area contributed by atoms with Gasteiger partial charge in [-0.1, -0.05) is 24.6 Å². The Hall–Kier alpha value is -2.50. The maximum atomic E-state index is 13.2. The first-order chi connectivity index (χ1) is 15.5. The van der Waals surface area contributed by atoms with Crippen molar-refractivity contribution in [2.24, 2.45) is 11.8 Å². The molecule has 4 rings (SSSR count). The van der Waals surface area contributed by atoms with Gasteiger partial charge in [-0.3, -0.25) is 4.55 Å². The zero-order valence-corrected chi connectivity index (χ0v) is 20.4. The third-order valence-corrected chi connectivity index (χ3v) is 9.09. The van der Waals surface area contributed by atoms with E-state index in [9.17, 15) is 21.4 Å². The fraction of sp³-hybridized carbons (Fsp3) is 0.455. The van der Waals surface area contributed by atoms with Crippen LogP contribution in [0.25, 0.3) is 11.0 Å². The van der Waals surface area contributed by atoms with E-state index in [2.05, 4.69) is 16.9 Å². The van der Waals surface area contributed by atoms with Crippen LogP contribution in [0.15, 0.2) is 47.8 Å². The second-order valence-corrected chi connectivity index (χ2v) is 12.3. The number of fused-ring (bicyclic) bond motifs is 1. The quantitative estimate of drug-likeness (QED) is 0.521. The topological polar surface area (TPSA) is 122 Å². The molecule has 0 saturated heterocycles. The van der Waals surface area contributed by atoms with Gasteiger partial charge in [0.2, 0.25) is 0 Å². The van der Waals surface area contributed by atoms with E-state index in [-0.39, 0.29) is 28.5 Å². The monoisotopic (exact) mass is 492 g/mol. The van der Waals surface area contributed by atoms with Crippen molar-refractivity contribution in [1.29, 1.82) is 0 Å². The molecule has 178 valence electrons. The maximum Gasteiger partial charge on any atom is 0.269 e. The van der Waals surface area contributed by atoms with E-state index in [0.717, 1.165) is 12.0 Å². The van der Waals surface area contributed by atoms with Crippen molar-refractivity contribution in [2.45, 2.75) is 44.0 Å². The fourth-order valence-corrected chi connectivity index (χ4v) is 7.09. The average Bonchev–Trinajstić information content (AvgIpc) is 3.18. The molecule has 33 heavy (non-hydrogen) atoms. The lowest BCUT2D eigenvalue weighted by atomic mass is 9.79. The van der Waals surface area contributed by atoms with Gasteiger partial charge in [0, 0.05) is 19.3 Å². The van der Waals surface area contributed by atoms with Gasteiger partial charge >= 0.3 is 0 Å². The summed E-state index contributed by atoms with van der Waals surface area (Å²) < 4.78 is 59.4. The average molecular weight is 493 g/mol. The van der Waals surface area contributed by atoms with E-state index in [1.165, 1.54) is 16.5 Å². The number of aryl methyl sites for hydroxylation is 1. The number of anilines is 1. The molecule has 0 aliphatic heterocycles. The largest absolute Gasteiger partial charge is 0.356 e. The van der Waals surface area contributed by atoms with Crippen LogP contribution in [0.4, 0.5) is 5.82 Å². The molecule has 1 aromatic carbocycles. The Morgan fingerprint density at radius 3 is 2.42 bits per heavy atom. The summed E-state index contributed by atoms with van der Waals surface area (Å²) in [6.07, 6.45) is 4.95. The predicted molar refractivity (Wildman–Crippen MR) is 126 cm³/mol. The molecule has 0 bridgehead atoms. The van der Waals surface area contributed by atoms with Crippen LogP contribution >= 0.6 is 0 Å². The van der Waals surface area contributed by atoms with Crippen molar-refractivity contribution in [3.8, 4) is 0 Å². The number of nitrogens with zero attached hydrogens (tertiary/aromatic N) is 4. The Kier molecular flexibility index (Phi) is 6.23. The molecule has 11 heteroatoms. The van der Waals surface area contributed by atoms with Crippen LogP contribution in [0.3, 0.4) is 0 Å². The van der Waals surface area contributed by atoms with Crippen molar-refractivity contribution in [3.63, 3.8) is 0 Å². The van der Waals surface area contributed by atoms with Gasteiger partial charge in [-0.25, -0.2) is 22.4 Å². The minimum atomic E-state index is -4.00. The lowest BCUT2D eigenvalue weighted by Gasteiger charge is -2.40. The molecule has 1 N–H and O–H groups in total. The highest BCUT2D eigenvalue weighted by atomic mass is 32.2. The first kappa shape index (κ1) is 23.7. The third-order valence-electron chi connectivity index (χ3n) is 6.52. The SMILES string of the molecule is Cc1ccc(S(=O)(=O)n2ccc3c(N(C)C4CCC(CS(=O)(=O)O)CC4C)ncnc32)cc1. The number of hydrogen-bond acceptors (Lipinski definition) is 7. The molecule has 2 aromatic heterocycles. The van der Waals surface area contributed by atoms with Crippen molar-refractivity contribution in [2.75, 3.05) is 17.7 Å². The van der Waals surface area contributed by atoms with Crippen LogP contribution in [0.2, 0.25) is 0 Å². The second kappa shape index (κ2) is 8.69. The Bertz CT molecular complexity index is 1370. The van der Waals surface area contributed by atoms with Crippen LogP contribution < -0.4 is 4.90 Å². The molecule has 0 amide bonds. The molecule has 2 heterocycles. The zero-order valence-electron chi connectivity index (χ0n) is 18.8. The van der Waals surface area contributed by atoms with Crippen molar-refractivity contribution >= 4 is 37.0 Å². The Balaban J connectivity index is 1.64. The van der Waals surface area contributed by atoms with Gasteiger partial charge in [-0.05, 0) is 56.2 Å². The standard InChI is InChI=1S/C22H28N4O5S2/c1-15-4-7-18(8-5-15)33(30,31)26-11-10-19-21(23-14-24-22(19)26)25(3)20-9-6-17(12-16(20)2)13-32(27,28)29/h4-5,7-8,10-11,14,16-17,20H,6,9,12-13H2,1-3H3,(H,27,28,29). The van der Waals surface area contributed by atoms with E-state index in [1.54, 1.807) is 30.3 Å². The van der Waals surface area contributed by atoms with E-state index < -0.39 is 20.1 Å². The van der Waals surface area contributed by atoms with Crippen LogP contribution in [0.5, 0.6) is 0 Å². The molecule has 0 radical (unpaired) electrons. The van der Waals surface area contributed by atoms with Crippen molar-refractivity contribution < 1.29 is 21.4 Å². The van der Waals surface area contributed by atoms with Gasteiger partial charge in [0.05, 0.1) is 16.0 Å². The number of benzene rings is 1. The third kappa shape index (κ3) is 4.75. The van der Waals surface area contributed by atoms with Crippen LogP contribution in [0, 0.1) is 18.8 Å². The van der Waals surface area contributed by atoms with Crippen LogP contribution in [0.1, 0.15) is 31.7 Å². The maximum absolute atomic E-state index is 13.2. The molecule has 9 nitrogen and oxygen atoms in total. The van der Waals surface area contributed by atoms with Gasteiger partial charge in [0.15, 0.2) is 5.65 Å². The summed E-state index contributed by atoms with van der Waals surface area (Å²) in [4.78, 5) is 10.9. The molecule has 0 spiro atoms. The minimum Gasteiger partial charge on any atom is -0.356 e. The highest BCUT2D eigenvalue weighted by Crippen LogP contribution is 2.36. The summed E-state index contributed by atoms with van der Waals surface area (Å²) in [6, 6.07) is 8.48. The first-order valence-electron chi connectivity index (χ1n) is 10.8. The number of hydrogen-bond donors (Lipinski definition) is 1. The molecule has 3 aromatic rings. The van der Waals surface area contributed by atoms with E-state index in [4.69, 9.17) is 0 Å². The van der Waals surface area contributed by atoms with Crippen molar-refractivity contribution in [3.05, 3.63) is 48.4 Å². The van der Waals surface area contributed by atoms with E-state index in [0.29, 0.717) is 29.7 Å².